The summed E-state index contributed by atoms with van der Waals surface area (Å²) in [5.74, 6) is -2.12. The summed E-state index contributed by atoms with van der Waals surface area (Å²) in [4.78, 5) is 40.0. The molecule has 0 aliphatic rings. The van der Waals surface area contributed by atoms with Crippen LogP contribution in [0.1, 0.15) is 22.5 Å². The molecule has 3 rings (SSSR count). The number of hydrogen-bond acceptors (Lipinski definition) is 6. The molecule has 0 saturated heterocycles. The minimum absolute atomic E-state index is 0.240. The summed E-state index contributed by atoms with van der Waals surface area (Å²) in [5.41, 5.74) is 1.98. The predicted octanol–water partition coefficient (Wildman–Crippen LogP) is 3.92. The molecule has 0 aliphatic carbocycles. The van der Waals surface area contributed by atoms with Crippen molar-refractivity contribution < 1.29 is 37.4 Å². The number of nitrogens with zero attached hydrogens (tertiary/aromatic N) is 1. The Hall–Kier alpha value is -4.41. The van der Waals surface area contributed by atoms with E-state index in [4.69, 9.17) is 0 Å². The molecule has 0 atom stereocenters. The standard InChI is InChI=1S/C23H18F3N3O5/c1-13-9-15(7-8-27-13)14-3-2-4-16(10-14)20(30)12-21(31)28-19-11-17(34-23(24,25)26)5-6-18(19)29-22(32)33/h2-11,29H,12H2,1H3,(H,28,31)(H,32,33)/p-1. The van der Waals surface area contributed by atoms with E-state index in [1.807, 2.05) is 18.3 Å². The van der Waals surface area contributed by atoms with Crippen LogP contribution >= 0.6 is 0 Å². The zero-order chi connectivity index (χ0) is 24.9. The summed E-state index contributed by atoms with van der Waals surface area (Å²) in [7, 11) is 0. The van der Waals surface area contributed by atoms with E-state index in [2.05, 4.69) is 15.0 Å². The van der Waals surface area contributed by atoms with Gasteiger partial charge in [-0.05, 0) is 48.4 Å². The van der Waals surface area contributed by atoms with Crippen LogP contribution in [-0.2, 0) is 4.79 Å². The number of carbonyl (C=O) groups is 3. The molecule has 0 fully saturated rings. The number of anilines is 2. The van der Waals surface area contributed by atoms with E-state index in [-0.39, 0.29) is 16.9 Å². The quantitative estimate of drug-likeness (QED) is 0.397. The summed E-state index contributed by atoms with van der Waals surface area (Å²) >= 11 is 0. The van der Waals surface area contributed by atoms with Crippen LogP contribution in [0.5, 0.6) is 5.75 Å². The molecular weight excluding hydrogens is 455 g/mol. The molecule has 8 nitrogen and oxygen atoms in total. The van der Waals surface area contributed by atoms with Gasteiger partial charge in [0.15, 0.2) is 5.78 Å². The summed E-state index contributed by atoms with van der Waals surface area (Å²) < 4.78 is 41.3. The number of ketones is 1. The number of ether oxygens (including phenoxy) is 1. The van der Waals surface area contributed by atoms with Crippen LogP contribution in [-0.4, -0.2) is 29.1 Å². The first-order valence-electron chi connectivity index (χ1n) is 9.74. The van der Waals surface area contributed by atoms with E-state index in [0.717, 1.165) is 35.0 Å². The average molecular weight is 472 g/mol. The van der Waals surface area contributed by atoms with Gasteiger partial charge in [0.2, 0.25) is 5.91 Å². The lowest BCUT2D eigenvalue weighted by atomic mass is 10.0. The molecule has 2 N–H and O–H groups in total. The zero-order valence-corrected chi connectivity index (χ0v) is 17.6. The third kappa shape index (κ3) is 6.79. The van der Waals surface area contributed by atoms with Crippen molar-refractivity contribution in [3.63, 3.8) is 0 Å². The number of carboxylic acid groups (broad SMARTS) is 1. The van der Waals surface area contributed by atoms with Crippen molar-refractivity contribution in [2.24, 2.45) is 0 Å². The van der Waals surface area contributed by atoms with Crippen molar-refractivity contribution in [1.82, 2.24) is 4.98 Å². The Labute approximate surface area is 191 Å². The smallest absolute Gasteiger partial charge is 0.530 e. The molecule has 1 heterocycles. The summed E-state index contributed by atoms with van der Waals surface area (Å²) in [5, 5.41) is 14.9. The van der Waals surface area contributed by atoms with E-state index < -0.39 is 36.3 Å². The van der Waals surface area contributed by atoms with Gasteiger partial charge in [0.05, 0.1) is 17.8 Å². The number of rotatable bonds is 7. The first-order chi connectivity index (χ1) is 16.0. The topological polar surface area (TPSA) is 120 Å². The fourth-order valence-corrected chi connectivity index (χ4v) is 3.08. The van der Waals surface area contributed by atoms with Crippen molar-refractivity contribution in [1.29, 1.82) is 0 Å². The highest BCUT2D eigenvalue weighted by Crippen LogP contribution is 2.31. The molecule has 1 aromatic heterocycles. The first-order valence-corrected chi connectivity index (χ1v) is 9.74. The highest BCUT2D eigenvalue weighted by atomic mass is 19.4. The van der Waals surface area contributed by atoms with Crippen molar-refractivity contribution in [3.05, 3.63) is 72.1 Å². The molecule has 0 radical (unpaired) electrons. The van der Waals surface area contributed by atoms with Gasteiger partial charge < -0.3 is 25.3 Å². The minimum Gasteiger partial charge on any atom is -0.530 e. The molecule has 34 heavy (non-hydrogen) atoms. The predicted molar refractivity (Wildman–Crippen MR) is 114 cm³/mol. The molecule has 11 heteroatoms. The van der Waals surface area contributed by atoms with Crippen LogP contribution in [0.4, 0.5) is 29.3 Å². The maximum absolute atomic E-state index is 12.6. The number of amides is 2. The van der Waals surface area contributed by atoms with Crippen LogP contribution < -0.4 is 20.5 Å². The van der Waals surface area contributed by atoms with Gasteiger partial charge in [0, 0.05) is 23.5 Å². The molecule has 2 aromatic carbocycles. The van der Waals surface area contributed by atoms with Gasteiger partial charge in [-0.3, -0.25) is 14.6 Å². The molecule has 0 aliphatic heterocycles. The fourth-order valence-electron chi connectivity index (χ4n) is 3.08. The summed E-state index contributed by atoms with van der Waals surface area (Å²) in [6.45, 7) is 1.82. The second-order valence-electron chi connectivity index (χ2n) is 7.08. The van der Waals surface area contributed by atoms with Crippen LogP contribution in [0.2, 0.25) is 0 Å². The number of carbonyl (C=O) groups excluding carboxylic acids is 3. The normalized spacial score (nSPS) is 10.9. The lowest BCUT2D eigenvalue weighted by Crippen LogP contribution is -2.29. The molecule has 176 valence electrons. The number of benzene rings is 2. The number of pyridine rings is 1. The summed E-state index contributed by atoms with van der Waals surface area (Å²) in [6.07, 6.45) is -5.77. The number of aromatic nitrogens is 1. The number of halogens is 3. The van der Waals surface area contributed by atoms with Gasteiger partial charge in [-0.1, -0.05) is 18.2 Å². The lowest BCUT2D eigenvalue weighted by molar-refractivity contribution is -0.274. The molecule has 2 amide bonds. The second kappa shape index (κ2) is 10.0. The average Bonchev–Trinajstić information content (AvgIpc) is 2.74. The summed E-state index contributed by atoms with van der Waals surface area (Å²) in [6, 6.07) is 12.7. The second-order valence-corrected chi connectivity index (χ2v) is 7.08. The number of hydrogen-bond donors (Lipinski definition) is 2. The molecule has 0 bridgehead atoms. The maximum atomic E-state index is 12.6. The minimum atomic E-state index is -5.00. The number of Topliss-reactive ketones (excluding diaryl/α,β-unsaturated/α-hetero) is 1. The largest absolute Gasteiger partial charge is 0.573 e. The Balaban J connectivity index is 1.77. The lowest BCUT2D eigenvalue weighted by Gasteiger charge is -2.16. The third-order valence-corrected chi connectivity index (χ3v) is 4.47. The maximum Gasteiger partial charge on any atom is 0.573 e. The Morgan fingerprint density at radius 2 is 1.71 bits per heavy atom. The van der Waals surface area contributed by atoms with Crippen LogP contribution in [0.3, 0.4) is 0 Å². The van der Waals surface area contributed by atoms with Crippen molar-refractivity contribution in [2.45, 2.75) is 19.7 Å². The van der Waals surface area contributed by atoms with Gasteiger partial charge in [-0.15, -0.1) is 13.2 Å². The van der Waals surface area contributed by atoms with Crippen LogP contribution in [0.25, 0.3) is 11.1 Å². The number of nitrogens with one attached hydrogen (secondary N) is 2. The van der Waals surface area contributed by atoms with Crippen molar-refractivity contribution in [2.75, 3.05) is 10.6 Å². The molecule has 3 aromatic rings. The molecule has 0 saturated carbocycles. The molecule has 0 unspecified atom stereocenters. The molecule has 0 spiro atoms. The highest BCUT2D eigenvalue weighted by Gasteiger charge is 2.31. The van der Waals surface area contributed by atoms with Crippen molar-refractivity contribution >= 4 is 29.2 Å². The van der Waals surface area contributed by atoms with E-state index in [9.17, 15) is 32.7 Å². The van der Waals surface area contributed by atoms with Gasteiger partial charge in [-0.2, -0.15) is 0 Å². The zero-order valence-electron chi connectivity index (χ0n) is 17.6. The van der Waals surface area contributed by atoms with E-state index in [1.165, 1.54) is 6.07 Å². The van der Waals surface area contributed by atoms with E-state index in [0.29, 0.717) is 0 Å². The van der Waals surface area contributed by atoms with Gasteiger partial charge in [0.1, 0.15) is 11.8 Å². The first kappa shape index (κ1) is 24.2. The van der Waals surface area contributed by atoms with Gasteiger partial charge >= 0.3 is 6.36 Å². The Morgan fingerprint density at radius 1 is 0.971 bits per heavy atom. The van der Waals surface area contributed by atoms with Crippen LogP contribution in [0.15, 0.2) is 60.8 Å². The van der Waals surface area contributed by atoms with Gasteiger partial charge in [-0.25, -0.2) is 0 Å². The van der Waals surface area contributed by atoms with Crippen LogP contribution in [0, 0.1) is 6.92 Å². The SMILES string of the molecule is Cc1cc(-c2cccc(C(=O)CC(=O)Nc3cc(OC(F)(F)F)ccc3NC(=O)[O-])c2)ccn1. The van der Waals surface area contributed by atoms with E-state index in [1.54, 1.807) is 30.5 Å². The Morgan fingerprint density at radius 3 is 2.38 bits per heavy atom. The highest BCUT2D eigenvalue weighted by molar-refractivity contribution is 6.12. The van der Waals surface area contributed by atoms with Crippen molar-refractivity contribution in [3.8, 4) is 16.9 Å². The van der Waals surface area contributed by atoms with Gasteiger partial charge in [0.25, 0.3) is 0 Å². The van der Waals surface area contributed by atoms with E-state index >= 15 is 0 Å². The number of alkyl halides is 3. The Kier molecular flexibility index (Phi) is 7.15. The molecular formula is C23H17F3N3O5-. The fraction of sp³-hybridized carbons (Fsp3) is 0.130. The number of aryl methyl sites for hydroxylation is 1. The third-order valence-electron chi connectivity index (χ3n) is 4.47. The Bertz CT molecular complexity index is 1240. The monoisotopic (exact) mass is 472 g/mol.